The molecule has 2 aliphatic rings. The van der Waals surface area contributed by atoms with Crippen LogP contribution in [0.1, 0.15) is 64.5 Å². The molecule has 0 bridgehead atoms. The molecule has 4 rings (SSSR count). The zero-order valence-electron chi connectivity index (χ0n) is 23.4. The number of amides is 2. The van der Waals surface area contributed by atoms with E-state index in [0.29, 0.717) is 36.4 Å². The topological polar surface area (TPSA) is 66.0 Å². The van der Waals surface area contributed by atoms with Gasteiger partial charge in [0, 0.05) is 54.8 Å². The van der Waals surface area contributed by atoms with E-state index in [1.165, 1.54) is 30.5 Å². The maximum Gasteiger partial charge on any atom is 0.410 e. The second-order valence-corrected chi connectivity index (χ2v) is 12.4. The first-order valence-electron chi connectivity index (χ1n) is 13.2. The van der Waals surface area contributed by atoms with E-state index in [-0.39, 0.29) is 30.4 Å². The molecule has 0 radical (unpaired) electrons. The standard InChI is InChI=1S/C29H37ClF2N4O3/c1-18-14-34(22(12-30)15-35(18)27(38)39-28(2,3)4)16-24(37)36-17-29(5,6)26-23(36)11-20(13-33-26)25(32)19-7-9-21(31)10-8-19/h7-11,13,18,22,25H,12,14-17H2,1-6H3/t18-,22+,25?/m1/s1. The van der Waals surface area contributed by atoms with Crippen LogP contribution in [0, 0.1) is 5.82 Å². The van der Waals surface area contributed by atoms with Gasteiger partial charge >= 0.3 is 6.09 Å². The van der Waals surface area contributed by atoms with Gasteiger partial charge < -0.3 is 14.5 Å². The molecule has 2 amide bonds. The Labute approximate surface area is 234 Å². The number of fused-ring (bicyclic) bond motifs is 1. The highest BCUT2D eigenvalue weighted by Gasteiger charge is 2.42. The van der Waals surface area contributed by atoms with Gasteiger partial charge in [0.2, 0.25) is 5.91 Å². The van der Waals surface area contributed by atoms with Gasteiger partial charge in [-0.3, -0.25) is 14.7 Å². The lowest BCUT2D eigenvalue weighted by Gasteiger charge is -2.44. The van der Waals surface area contributed by atoms with Crippen LogP contribution in [-0.4, -0.2) is 76.5 Å². The Kier molecular flexibility index (Phi) is 8.24. The third-order valence-corrected chi connectivity index (χ3v) is 7.59. The minimum Gasteiger partial charge on any atom is -0.444 e. The lowest BCUT2D eigenvalue weighted by molar-refractivity contribution is -0.121. The Bertz CT molecular complexity index is 1220. The number of hydrogen-bond donors (Lipinski definition) is 0. The number of anilines is 1. The lowest BCUT2D eigenvalue weighted by Crippen LogP contribution is -2.61. The summed E-state index contributed by atoms with van der Waals surface area (Å²) in [7, 11) is 0. The van der Waals surface area contributed by atoms with E-state index in [1.807, 2.05) is 46.4 Å². The summed E-state index contributed by atoms with van der Waals surface area (Å²) in [6.45, 7) is 12.7. The Morgan fingerprint density at radius 1 is 1.18 bits per heavy atom. The minimum atomic E-state index is -1.51. The number of ether oxygens (including phenoxy) is 1. The van der Waals surface area contributed by atoms with E-state index in [2.05, 4.69) is 4.98 Å². The molecule has 0 N–H and O–H groups in total. The molecule has 3 heterocycles. The fraction of sp³-hybridized carbons (Fsp3) is 0.552. The molecule has 3 atom stereocenters. The molecule has 7 nitrogen and oxygen atoms in total. The van der Waals surface area contributed by atoms with E-state index in [0.717, 1.165) is 5.69 Å². The van der Waals surface area contributed by atoms with Crippen molar-refractivity contribution < 1.29 is 23.1 Å². The summed E-state index contributed by atoms with van der Waals surface area (Å²) in [6, 6.07) is 6.52. The first-order chi connectivity index (χ1) is 18.2. The second kappa shape index (κ2) is 11.0. The van der Waals surface area contributed by atoms with Crippen molar-refractivity contribution in [1.82, 2.24) is 14.8 Å². The second-order valence-electron chi connectivity index (χ2n) is 12.1. The molecule has 1 unspecified atom stereocenters. The summed E-state index contributed by atoms with van der Waals surface area (Å²) in [5.74, 6) is -0.340. The zero-order valence-corrected chi connectivity index (χ0v) is 24.1. The summed E-state index contributed by atoms with van der Waals surface area (Å²) < 4.78 is 34.3. The lowest BCUT2D eigenvalue weighted by atomic mass is 9.91. The Morgan fingerprint density at radius 3 is 2.46 bits per heavy atom. The molecule has 212 valence electrons. The van der Waals surface area contributed by atoms with Crippen molar-refractivity contribution >= 4 is 29.3 Å². The number of benzene rings is 1. The number of alkyl halides is 2. The highest BCUT2D eigenvalue weighted by molar-refractivity contribution is 6.18. The number of piperazine rings is 1. The van der Waals surface area contributed by atoms with Gasteiger partial charge in [0.25, 0.3) is 0 Å². The predicted octanol–water partition coefficient (Wildman–Crippen LogP) is 5.45. The van der Waals surface area contributed by atoms with Crippen LogP contribution < -0.4 is 4.90 Å². The number of rotatable bonds is 5. The van der Waals surface area contributed by atoms with E-state index >= 15 is 4.39 Å². The summed E-state index contributed by atoms with van der Waals surface area (Å²) in [6.07, 6.45) is -0.415. The Balaban J connectivity index is 1.53. The third kappa shape index (κ3) is 6.35. The molecule has 2 aromatic rings. The average Bonchev–Trinajstić information content (AvgIpc) is 3.13. The van der Waals surface area contributed by atoms with Crippen molar-refractivity contribution in [3.63, 3.8) is 0 Å². The largest absolute Gasteiger partial charge is 0.444 e. The zero-order chi connectivity index (χ0) is 28.7. The highest BCUT2D eigenvalue weighted by Crippen LogP contribution is 2.41. The maximum absolute atomic E-state index is 15.4. The van der Waals surface area contributed by atoms with E-state index < -0.39 is 29.1 Å². The molecule has 1 aromatic carbocycles. The van der Waals surface area contributed by atoms with Crippen molar-refractivity contribution in [1.29, 1.82) is 0 Å². The first-order valence-corrected chi connectivity index (χ1v) is 13.7. The third-order valence-electron chi connectivity index (χ3n) is 7.23. The van der Waals surface area contributed by atoms with Crippen LogP contribution in [0.5, 0.6) is 0 Å². The van der Waals surface area contributed by atoms with Gasteiger partial charge in [-0.25, -0.2) is 13.6 Å². The highest BCUT2D eigenvalue weighted by atomic mass is 35.5. The Hall–Kier alpha value is -2.78. The van der Waals surface area contributed by atoms with Crippen molar-refractivity contribution in [3.05, 3.63) is 59.2 Å². The summed E-state index contributed by atoms with van der Waals surface area (Å²) in [4.78, 5) is 36.3. The molecule has 1 fully saturated rings. The molecule has 0 aliphatic carbocycles. The number of hydrogen-bond acceptors (Lipinski definition) is 5. The van der Waals surface area contributed by atoms with Crippen LogP contribution >= 0.6 is 11.6 Å². The smallest absolute Gasteiger partial charge is 0.410 e. The fourth-order valence-corrected chi connectivity index (χ4v) is 5.51. The minimum absolute atomic E-state index is 0.0979. The van der Waals surface area contributed by atoms with Gasteiger partial charge in [-0.15, -0.1) is 11.6 Å². The van der Waals surface area contributed by atoms with Gasteiger partial charge in [-0.2, -0.15) is 0 Å². The van der Waals surface area contributed by atoms with Crippen LogP contribution in [0.4, 0.5) is 19.3 Å². The van der Waals surface area contributed by atoms with Crippen LogP contribution in [-0.2, 0) is 14.9 Å². The average molecular weight is 563 g/mol. The van der Waals surface area contributed by atoms with Crippen molar-refractivity contribution in [2.45, 2.75) is 70.8 Å². The molecule has 39 heavy (non-hydrogen) atoms. The van der Waals surface area contributed by atoms with Gasteiger partial charge in [0.15, 0.2) is 6.17 Å². The van der Waals surface area contributed by atoms with Crippen LogP contribution in [0.25, 0.3) is 0 Å². The normalized spacial score (nSPS) is 22.0. The summed E-state index contributed by atoms with van der Waals surface area (Å²) in [5, 5.41) is 0. The number of halogens is 3. The number of pyridine rings is 1. The maximum atomic E-state index is 15.4. The van der Waals surface area contributed by atoms with Crippen molar-refractivity contribution in [3.8, 4) is 0 Å². The number of nitrogens with zero attached hydrogens (tertiary/aromatic N) is 4. The SMILES string of the molecule is C[C@@H]1CN(CC(=O)N2CC(C)(C)c3ncc(C(F)c4ccc(F)cc4)cc32)[C@@H](CCl)CN1C(=O)OC(C)(C)C. The molecular weight excluding hydrogens is 526 g/mol. The molecule has 10 heteroatoms. The molecule has 0 saturated carbocycles. The van der Waals surface area contributed by atoms with Gasteiger partial charge in [0.05, 0.1) is 17.9 Å². The fourth-order valence-electron chi connectivity index (χ4n) is 5.22. The van der Waals surface area contributed by atoms with Crippen LogP contribution in [0.15, 0.2) is 36.5 Å². The quantitative estimate of drug-likeness (QED) is 0.453. The molecule has 0 spiro atoms. The first kappa shape index (κ1) is 29.2. The van der Waals surface area contributed by atoms with E-state index in [4.69, 9.17) is 16.3 Å². The van der Waals surface area contributed by atoms with Crippen LogP contribution in [0.3, 0.4) is 0 Å². The van der Waals surface area contributed by atoms with Gasteiger partial charge in [-0.05, 0) is 51.5 Å². The summed E-state index contributed by atoms with van der Waals surface area (Å²) in [5.41, 5.74) is 0.889. The van der Waals surface area contributed by atoms with E-state index in [9.17, 15) is 14.0 Å². The molecule has 1 saturated heterocycles. The summed E-state index contributed by atoms with van der Waals surface area (Å²) >= 11 is 6.30. The molecule has 1 aromatic heterocycles. The van der Waals surface area contributed by atoms with Gasteiger partial charge in [-0.1, -0.05) is 26.0 Å². The monoisotopic (exact) mass is 562 g/mol. The van der Waals surface area contributed by atoms with Gasteiger partial charge in [0.1, 0.15) is 11.4 Å². The Morgan fingerprint density at radius 2 is 1.85 bits per heavy atom. The molecular formula is C29H37ClF2N4O3. The number of carbonyl (C=O) groups excluding carboxylic acids is 2. The van der Waals surface area contributed by atoms with Crippen molar-refractivity contribution in [2.75, 3.05) is 37.0 Å². The molecule has 2 aliphatic heterocycles. The number of aromatic nitrogens is 1. The predicted molar refractivity (Wildman–Crippen MR) is 147 cm³/mol. The van der Waals surface area contributed by atoms with Crippen LogP contribution in [0.2, 0.25) is 0 Å². The van der Waals surface area contributed by atoms with E-state index in [1.54, 1.807) is 15.9 Å². The van der Waals surface area contributed by atoms with Crippen molar-refractivity contribution in [2.24, 2.45) is 0 Å². The number of carbonyl (C=O) groups is 2.